The normalized spacial score (nSPS) is 18.0. The largest absolute Gasteiger partial charge is 0.497 e. The first-order chi connectivity index (χ1) is 11.9. The summed E-state index contributed by atoms with van der Waals surface area (Å²) in [5, 5.41) is 0. The Labute approximate surface area is 150 Å². The first-order valence-electron chi connectivity index (χ1n) is 8.78. The van der Waals surface area contributed by atoms with E-state index in [9.17, 15) is 13.2 Å². The molecule has 0 spiro atoms. The van der Waals surface area contributed by atoms with Gasteiger partial charge in [-0.25, -0.2) is 8.42 Å². The molecular formula is C18H28N2O4S. The van der Waals surface area contributed by atoms with Crippen molar-refractivity contribution in [3.05, 3.63) is 24.3 Å². The van der Waals surface area contributed by atoms with Gasteiger partial charge >= 0.3 is 0 Å². The molecule has 140 valence electrons. The summed E-state index contributed by atoms with van der Waals surface area (Å²) in [6.45, 7) is 3.02. The summed E-state index contributed by atoms with van der Waals surface area (Å²) < 4.78 is 30.7. The molecule has 2 rings (SSSR count). The van der Waals surface area contributed by atoms with Crippen LogP contribution in [0, 0.1) is 0 Å². The van der Waals surface area contributed by atoms with E-state index in [-0.39, 0.29) is 24.9 Å². The number of hydrogen-bond acceptors (Lipinski definition) is 4. The quantitative estimate of drug-likeness (QED) is 0.742. The first kappa shape index (κ1) is 19.6. The average molecular weight is 368 g/mol. The standard InChI is InChI=1S/C18H28N2O4S/c1-4-15-7-5-6-13-19(15)18(21)12-14-20(25(3,22)23)16-8-10-17(24-2)11-9-16/h8-11,15H,4-7,12-14H2,1-3H3. The third-order valence-corrected chi connectivity index (χ3v) is 5.90. The molecule has 25 heavy (non-hydrogen) atoms. The predicted octanol–water partition coefficient (Wildman–Crippen LogP) is 2.64. The van der Waals surface area contributed by atoms with Gasteiger partial charge in [0.15, 0.2) is 0 Å². The van der Waals surface area contributed by atoms with Crippen LogP contribution in [0.25, 0.3) is 0 Å². The Hall–Kier alpha value is -1.76. The lowest BCUT2D eigenvalue weighted by atomic mass is 9.99. The number of piperidine rings is 1. The highest BCUT2D eigenvalue weighted by molar-refractivity contribution is 7.92. The molecule has 6 nitrogen and oxygen atoms in total. The van der Waals surface area contributed by atoms with Crippen molar-refractivity contribution in [2.45, 2.75) is 45.1 Å². The fourth-order valence-corrected chi connectivity index (χ4v) is 4.26. The van der Waals surface area contributed by atoms with Gasteiger partial charge in [-0.1, -0.05) is 6.92 Å². The number of likely N-dealkylation sites (tertiary alicyclic amines) is 1. The zero-order valence-corrected chi connectivity index (χ0v) is 16.1. The Morgan fingerprint density at radius 1 is 1.28 bits per heavy atom. The average Bonchev–Trinajstić information content (AvgIpc) is 2.61. The molecule has 1 amide bonds. The summed E-state index contributed by atoms with van der Waals surface area (Å²) in [5.41, 5.74) is 0.543. The van der Waals surface area contributed by atoms with Gasteiger partial charge in [0.25, 0.3) is 0 Å². The lowest BCUT2D eigenvalue weighted by Crippen LogP contribution is -2.44. The Bertz CT molecular complexity index is 673. The van der Waals surface area contributed by atoms with Gasteiger partial charge in [-0.05, 0) is 49.9 Å². The van der Waals surface area contributed by atoms with E-state index in [4.69, 9.17) is 4.74 Å². The molecule has 1 unspecified atom stereocenters. The van der Waals surface area contributed by atoms with Crippen LogP contribution in [-0.2, 0) is 14.8 Å². The van der Waals surface area contributed by atoms with Crippen LogP contribution in [0.15, 0.2) is 24.3 Å². The minimum absolute atomic E-state index is 0.0358. The number of carbonyl (C=O) groups excluding carboxylic acids is 1. The molecule has 1 aromatic rings. The SMILES string of the molecule is CCC1CCCCN1C(=O)CCN(c1ccc(OC)cc1)S(C)(=O)=O. The second kappa shape index (κ2) is 8.56. The third kappa shape index (κ3) is 5.11. The Balaban J connectivity index is 2.08. The lowest BCUT2D eigenvalue weighted by Gasteiger charge is -2.36. The number of anilines is 1. The molecule has 0 saturated carbocycles. The summed E-state index contributed by atoms with van der Waals surface area (Å²) in [7, 11) is -1.90. The zero-order valence-electron chi connectivity index (χ0n) is 15.3. The van der Waals surface area contributed by atoms with Gasteiger partial charge in [0.1, 0.15) is 5.75 Å². The molecule has 0 N–H and O–H groups in total. The molecule has 1 aliphatic heterocycles. The molecule has 1 fully saturated rings. The van der Waals surface area contributed by atoms with Gasteiger partial charge in [0.05, 0.1) is 19.1 Å². The maximum absolute atomic E-state index is 12.6. The molecule has 1 atom stereocenters. The monoisotopic (exact) mass is 368 g/mol. The van der Waals surface area contributed by atoms with Crippen LogP contribution in [0.4, 0.5) is 5.69 Å². The van der Waals surface area contributed by atoms with E-state index in [1.165, 1.54) is 4.31 Å². The van der Waals surface area contributed by atoms with E-state index >= 15 is 0 Å². The van der Waals surface area contributed by atoms with E-state index in [0.717, 1.165) is 38.5 Å². The van der Waals surface area contributed by atoms with Crippen molar-refractivity contribution in [2.24, 2.45) is 0 Å². The molecule has 0 bridgehead atoms. The van der Waals surface area contributed by atoms with Crippen LogP contribution in [0.5, 0.6) is 5.75 Å². The molecule has 1 saturated heterocycles. The second-order valence-corrected chi connectivity index (χ2v) is 8.33. The van der Waals surface area contributed by atoms with Crippen LogP contribution in [0.2, 0.25) is 0 Å². The van der Waals surface area contributed by atoms with E-state index in [0.29, 0.717) is 11.4 Å². The summed E-state index contributed by atoms with van der Waals surface area (Å²) in [6.07, 6.45) is 5.52. The lowest BCUT2D eigenvalue weighted by molar-refractivity contribution is -0.134. The van der Waals surface area contributed by atoms with Gasteiger partial charge in [-0.2, -0.15) is 0 Å². The van der Waals surface area contributed by atoms with Crippen molar-refractivity contribution < 1.29 is 17.9 Å². The number of benzene rings is 1. The number of methoxy groups -OCH3 is 1. The van der Waals surface area contributed by atoms with Crippen LogP contribution >= 0.6 is 0 Å². The summed E-state index contributed by atoms with van der Waals surface area (Å²) in [6, 6.07) is 7.11. The predicted molar refractivity (Wildman–Crippen MR) is 99.4 cm³/mol. The molecule has 1 aromatic carbocycles. The summed E-state index contributed by atoms with van der Waals surface area (Å²) in [5.74, 6) is 0.695. The van der Waals surface area contributed by atoms with Crippen molar-refractivity contribution >= 4 is 21.6 Å². The number of sulfonamides is 1. The van der Waals surface area contributed by atoms with Gasteiger partial charge in [0.2, 0.25) is 15.9 Å². The minimum Gasteiger partial charge on any atom is -0.497 e. The fourth-order valence-electron chi connectivity index (χ4n) is 3.33. The maximum atomic E-state index is 12.6. The zero-order chi connectivity index (χ0) is 18.4. The molecule has 0 aliphatic carbocycles. The van der Waals surface area contributed by atoms with Crippen LogP contribution in [0.3, 0.4) is 0 Å². The second-order valence-electron chi connectivity index (χ2n) is 6.43. The van der Waals surface area contributed by atoms with Gasteiger partial charge < -0.3 is 9.64 Å². The number of carbonyl (C=O) groups is 1. The van der Waals surface area contributed by atoms with E-state index in [1.54, 1.807) is 31.4 Å². The highest BCUT2D eigenvalue weighted by Crippen LogP contribution is 2.23. The Morgan fingerprint density at radius 2 is 1.96 bits per heavy atom. The van der Waals surface area contributed by atoms with Crippen molar-refractivity contribution in [3.8, 4) is 5.75 Å². The maximum Gasteiger partial charge on any atom is 0.232 e. The molecular weight excluding hydrogens is 340 g/mol. The summed E-state index contributed by atoms with van der Waals surface area (Å²) in [4.78, 5) is 14.5. The third-order valence-electron chi connectivity index (χ3n) is 4.71. The number of ether oxygens (including phenoxy) is 1. The van der Waals surface area contributed by atoms with Crippen molar-refractivity contribution in [1.82, 2.24) is 4.90 Å². The highest BCUT2D eigenvalue weighted by Gasteiger charge is 2.26. The van der Waals surface area contributed by atoms with Crippen LogP contribution in [0.1, 0.15) is 39.0 Å². The van der Waals surface area contributed by atoms with Crippen molar-refractivity contribution in [3.63, 3.8) is 0 Å². The first-order valence-corrected chi connectivity index (χ1v) is 10.6. The number of rotatable bonds is 7. The number of hydrogen-bond donors (Lipinski definition) is 0. The fraction of sp³-hybridized carbons (Fsp3) is 0.611. The van der Waals surface area contributed by atoms with E-state index in [1.807, 2.05) is 4.90 Å². The van der Waals surface area contributed by atoms with Crippen LogP contribution in [-0.4, -0.2) is 51.7 Å². The number of amides is 1. The van der Waals surface area contributed by atoms with Gasteiger partial charge in [0, 0.05) is 25.6 Å². The minimum atomic E-state index is -3.46. The smallest absolute Gasteiger partial charge is 0.232 e. The molecule has 1 heterocycles. The number of nitrogens with zero attached hydrogens (tertiary/aromatic N) is 2. The Morgan fingerprint density at radius 3 is 2.52 bits per heavy atom. The van der Waals surface area contributed by atoms with E-state index in [2.05, 4.69) is 6.92 Å². The molecule has 1 aliphatic rings. The van der Waals surface area contributed by atoms with E-state index < -0.39 is 10.0 Å². The van der Waals surface area contributed by atoms with Crippen molar-refractivity contribution in [1.29, 1.82) is 0 Å². The van der Waals surface area contributed by atoms with Crippen molar-refractivity contribution in [2.75, 3.05) is 30.8 Å². The topological polar surface area (TPSA) is 66.9 Å². The highest BCUT2D eigenvalue weighted by atomic mass is 32.2. The Kier molecular flexibility index (Phi) is 6.70. The van der Waals surface area contributed by atoms with Crippen LogP contribution < -0.4 is 9.04 Å². The summed E-state index contributed by atoms with van der Waals surface area (Å²) >= 11 is 0. The molecule has 7 heteroatoms. The molecule has 0 radical (unpaired) electrons. The van der Waals surface area contributed by atoms with Gasteiger partial charge in [-0.3, -0.25) is 9.10 Å². The van der Waals surface area contributed by atoms with Gasteiger partial charge in [-0.15, -0.1) is 0 Å². The molecule has 0 aromatic heterocycles.